The molecule has 7 nitrogen and oxygen atoms in total. The first-order valence-corrected chi connectivity index (χ1v) is 8.15. The normalized spacial score (nSPS) is 11.5. The fraction of sp³-hybridized carbons (Fsp3) is 0.357. The number of ether oxygens (including phenoxy) is 2. The number of hydrogen-bond donors (Lipinski definition) is 1. The molecule has 0 aliphatic carbocycles. The van der Waals surface area contributed by atoms with Gasteiger partial charge in [0.2, 0.25) is 0 Å². The minimum Gasteiger partial charge on any atom is -0.497 e. The lowest BCUT2D eigenvalue weighted by Crippen LogP contribution is -2.18. The molecule has 0 saturated heterocycles. The van der Waals surface area contributed by atoms with E-state index < -0.39 is 10.0 Å². The Labute approximate surface area is 129 Å². The highest BCUT2D eigenvalue weighted by Gasteiger charge is 2.22. The molecule has 22 heavy (non-hydrogen) atoms. The zero-order valence-electron chi connectivity index (χ0n) is 12.9. The van der Waals surface area contributed by atoms with E-state index in [2.05, 4.69) is 9.82 Å². The van der Waals surface area contributed by atoms with E-state index in [0.29, 0.717) is 11.6 Å². The Bertz CT molecular complexity index is 753. The van der Waals surface area contributed by atoms with Crippen molar-refractivity contribution in [3.05, 3.63) is 30.5 Å². The van der Waals surface area contributed by atoms with Gasteiger partial charge in [0.25, 0.3) is 10.0 Å². The van der Waals surface area contributed by atoms with Crippen LogP contribution in [0.4, 0.5) is 5.82 Å². The Morgan fingerprint density at radius 2 is 1.91 bits per heavy atom. The molecule has 0 unspecified atom stereocenters. The van der Waals surface area contributed by atoms with Gasteiger partial charge in [-0.15, -0.1) is 0 Å². The van der Waals surface area contributed by atoms with Crippen molar-refractivity contribution in [3.8, 4) is 11.5 Å². The minimum absolute atomic E-state index is 0.0328. The van der Waals surface area contributed by atoms with Gasteiger partial charge in [-0.2, -0.15) is 5.10 Å². The molecule has 0 bridgehead atoms. The van der Waals surface area contributed by atoms with Gasteiger partial charge in [-0.25, -0.2) is 13.1 Å². The summed E-state index contributed by atoms with van der Waals surface area (Å²) < 4.78 is 39.5. The summed E-state index contributed by atoms with van der Waals surface area (Å²) in [6, 6.07) is 6.17. The largest absolute Gasteiger partial charge is 0.497 e. The fourth-order valence-corrected chi connectivity index (χ4v) is 3.20. The van der Waals surface area contributed by atoms with Gasteiger partial charge in [0.05, 0.1) is 20.4 Å². The van der Waals surface area contributed by atoms with Crippen LogP contribution in [0.5, 0.6) is 11.5 Å². The van der Waals surface area contributed by atoms with Gasteiger partial charge >= 0.3 is 0 Å². The molecule has 0 radical (unpaired) electrons. The number of hydrogen-bond acceptors (Lipinski definition) is 5. The molecule has 1 aromatic heterocycles. The molecule has 0 amide bonds. The van der Waals surface area contributed by atoms with Crippen molar-refractivity contribution in [1.29, 1.82) is 0 Å². The second-order valence-corrected chi connectivity index (χ2v) is 6.53. The lowest BCUT2D eigenvalue weighted by atomic mass is 10.3. The summed E-state index contributed by atoms with van der Waals surface area (Å²) in [6.07, 6.45) is 1.54. The summed E-state index contributed by atoms with van der Waals surface area (Å²) in [6.45, 7) is 3.83. The minimum atomic E-state index is -3.80. The highest BCUT2D eigenvalue weighted by molar-refractivity contribution is 7.92. The van der Waals surface area contributed by atoms with Gasteiger partial charge in [-0.05, 0) is 26.0 Å². The van der Waals surface area contributed by atoms with Crippen molar-refractivity contribution < 1.29 is 17.9 Å². The van der Waals surface area contributed by atoms with E-state index in [1.807, 2.05) is 13.8 Å². The van der Waals surface area contributed by atoms with Crippen molar-refractivity contribution in [3.63, 3.8) is 0 Å². The van der Waals surface area contributed by atoms with Gasteiger partial charge in [0, 0.05) is 18.2 Å². The second kappa shape index (κ2) is 6.27. The van der Waals surface area contributed by atoms with E-state index in [9.17, 15) is 8.42 Å². The Morgan fingerprint density at radius 3 is 2.50 bits per heavy atom. The van der Waals surface area contributed by atoms with Crippen LogP contribution in [0.15, 0.2) is 35.4 Å². The summed E-state index contributed by atoms with van der Waals surface area (Å²) in [4.78, 5) is 0.0345. The fourth-order valence-electron chi connectivity index (χ4n) is 2.00. The van der Waals surface area contributed by atoms with E-state index >= 15 is 0 Å². The number of aromatic nitrogens is 2. The van der Waals surface area contributed by atoms with Gasteiger partial charge in [-0.1, -0.05) is 0 Å². The van der Waals surface area contributed by atoms with Gasteiger partial charge in [0.1, 0.15) is 22.2 Å². The third kappa shape index (κ3) is 3.16. The molecule has 8 heteroatoms. The Morgan fingerprint density at radius 1 is 1.18 bits per heavy atom. The topological polar surface area (TPSA) is 82.5 Å². The van der Waals surface area contributed by atoms with Crippen LogP contribution in [0.2, 0.25) is 0 Å². The predicted octanol–water partition coefficient (Wildman–Crippen LogP) is 2.28. The summed E-state index contributed by atoms with van der Waals surface area (Å²) in [5, 5.41) is 4.10. The van der Waals surface area contributed by atoms with Crippen LogP contribution in [0.25, 0.3) is 0 Å². The highest BCUT2D eigenvalue weighted by atomic mass is 32.2. The molecule has 120 valence electrons. The predicted molar refractivity (Wildman–Crippen MR) is 83.0 cm³/mol. The maximum Gasteiger partial charge on any atom is 0.266 e. The third-order valence-corrected chi connectivity index (χ3v) is 4.45. The number of methoxy groups -OCH3 is 2. The number of benzene rings is 1. The van der Waals surface area contributed by atoms with Crippen LogP contribution in [0.1, 0.15) is 19.9 Å². The zero-order chi connectivity index (χ0) is 16.3. The smallest absolute Gasteiger partial charge is 0.266 e. The molecule has 1 heterocycles. The SMILES string of the molecule is COc1ccc(S(=O)(=O)Nc2ccnn2C(C)C)c(OC)c1. The van der Waals surface area contributed by atoms with Crippen LogP contribution >= 0.6 is 0 Å². The maximum atomic E-state index is 12.6. The maximum absolute atomic E-state index is 12.6. The molecule has 1 N–H and O–H groups in total. The molecule has 0 saturated carbocycles. The van der Waals surface area contributed by atoms with Crippen molar-refractivity contribution in [2.45, 2.75) is 24.8 Å². The van der Waals surface area contributed by atoms with Gasteiger partial charge in [-0.3, -0.25) is 4.72 Å². The van der Waals surface area contributed by atoms with Crippen LogP contribution in [0.3, 0.4) is 0 Å². The first-order chi connectivity index (χ1) is 10.4. The van der Waals surface area contributed by atoms with Crippen LogP contribution in [-0.2, 0) is 10.0 Å². The Kier molecular flexibility index (Phi) is 4.60. The number of anilines is 1. The van der Waals surface area contributed by atoms with E-state index in [1.54, 1.807) is 23.0 Å². The standard InChI is InChI=1S/C14H19N3O4S/c1-10(2)17-14(7-8-15-17)16-22(18,19)13-6-5-11(20-3)9-12(13)21-4/h5-10,16H,1-4H3. The molecule has 0 aliphatic rings. The summed E-state index contributed by atoms with van der Waals surface area (Å²) in [5.41, 5.74) is 0. The lowest BCUT2D eigenvalue weighted by Gasteiger charge is -2.15. The van der Waals surface area contributed by atoms with Gasteiger partial charge in [0.15, 0.2) is 0 Å². The summed E-state index contributed by atoms with van der Waals surface area (Å²) >= 11 is 0. The van der Waals surface area contributed by atoms with E-state index in [4.69, 9.17) is 9.47 Å². The van der Waals surface area contributed by atoms with E-state index in [-0.39, 0.29) is 16.7 Å². The van der Waals surface area contributed by atoms with Crippen molar-refractivity contribution in [1.82, 2.24) is 9.78 Å². The van der Waals surface area contributed by atoms with Crippen LogP contribution in [-0.4, -0.2) is 32.4 Å². The molecule has 2 aromatic rings. The number of rotatable bonds is 6. The molecule has 0 spiro atoms. The number of nitrogens with zero attached hydrogens (tertiary/aromatic N) is 2. The molecular formula is C14H19N3O4S. The first-order valence-electron chi connectivity index (χ1n) is 6.67. The zero-order valence-corrected chi connectivity index (χ0v) is 13.7. The number of nitrogens with one attached hydrogen (secondary N) is 1. The monoisotopic (exact) mass is 325 g/mol. The molecule has 0 atom stereocenters. The van der Waals surface area contributed by atoms with Crippen molar-refractivity contribution in [2.75, 3.05) is 18.9 Å². The molecule has 0 aliphatic heterocycles. The summed E-state index contributed by atoms with van der Waals surface area (Å²) in [5.74, 6) is 1.12. The Hall–Kier alpha value is -2.22. The molecule has 0 fully saturated rings. The molecule has 2 rings (SSSR count). The van der Waals surface area contributed by atoms with Crippen molar-refractivity contribution >= 4 is 15.8 Å². The average molecular weight is 325 g/mol. The third-order valence-electron chi connectivity index (χ3n) is 3.06. The van der Waals surface area contributed by atoms with E-state index in [1.165, 1.54) is 26.4 Å². The quantitative estimate of drug-likeness (QED) is 0.881. The Balaban J connectivity index is 2.40. The van der Waals surface area contributed by atoms with Gasteiger partial charge < -0.3 is 9.47 Å². The van der Waals surface area contributed by atoms with Crippen LogP contribution < -0.4 is 14.2 Å². The van der Waals surface area contributed by atoms with E-state index in [0.717, 1.165) is 0 Å². The van der Waals surface area contributed by atoms with Crippen LogP contribution in [0, 0.1) is 0 Å². The first kappa shape index (κ1) is 16.2. The number of sulfonamides is 1. The molecular weight excluding hydrogens is 306 g/mol. The highest BCUT2D eigenvalue weighted by Crippen LogP contribution is 2.30. The molecule has 1 aromatic carbocycles. The summed E-state index contributed by atoms with van der Waals surface area (Å²) in [7, 11) is -0.887. The second-order valence-electron chi connectivity index (χ2n) is 4.88. The lowest BCUT2D eigenvalue weighted by molar-refractivity contribution is 0.386. The van der Waals surface area contributed by atoms with Crippen molar-refractivity contribution in [2.24, 2.45) is 0 Å². The average Bonchev–Trinajstić information content (AvgIpc) is 2.94.